The Balaban J connectivity index is 1.51. The van der Waals surface area contributed by atoms with Gasteiger partial charge in [0.15, 0.2) is 5.60 Å². The monoisotopic (exact) mass is 327 g/mol. The van der Waals surface area contributed by atoms with Crippen LogP contribution in [0.15, 0.2) is 24.3 Å². The molecule has 6 nitrogen and oxygen atoms in total. The zero-order valence-corrected chi connectivity index (χ0v) is 14.0. The Labute approximate surface area is 140 Å². The molecular formula is C18H21N3O3. The van der Waals surface area contributed by atoms with Crippen LogP contribution in [0.1, 0.15) is 17.7 Å². The Morgan fingerprint density at radius 2 is 2.12 bits per heavy atom. The fourth-order valence-electron chi connectivity index (χ4n) is 3.89. The third-order valence-electron chi connectivity index (χ3n) is 5.16. The Morgan fingerprint density at radius 1 is 1.33 bits per heavy atom. The van der Waals surface area contributed by atoms with Crippen LogP contribution >= 0.6 is 0 Å². The first kappa shape index (κ1) is 15.1. The van der Waals surface area contributed by atoms with Gasteiger partial charge >= 0.3 is 6.09 Å². The van der Waals surface area contributed by atoms with Crippen molar-refractivity contribution in [1.29, 1.82) is 0 Å². The normalized spacial score (nSPS) is 23.5. The lowest BCUT2D eigenvalue weighted by Gasteiger charge is -2.21. The number of ether oxygens (including phenoxy) is 1. The average molecular weight is 327 g/mol. The molecule has 2 saturated heterocycles. The third-order valence-corrected chi connectivity index (χ3v) is 5.16. The zero-order chi connectivity index (χ0) is 16.9. The van der Waals surface area contributed by atoms with Crippen LogP contribution in [-0.4, -0.2) is 59.1 Å². The summed E-state index contributed by atoms with van der Waals surface area (Å²) in [5, 5.41) is 1.10. The number of likely N-dealkylation sites (N-methyl/N-ethyl adjacent to an activating group) is 1. The van der Waals surface area contributed by atoms with Gasteiger partial charge in [0.2, 0.25) is 5.91 Å². The highest BCUT2D eigenvalue weighted by molar-refractivity contribution is 5.90. The number of aromatic amines is 1. The molecule has 1 spiro atoms. The number of H-pyrrole nitrogens is 1. The first-order valence-corrected chi connectivity index (χ1v) is 8.25. The molecule has 0 saturated carbocycles. The van der Waals surface area contributed by atoms with Crippen LogP contribution in [0.3, 0.4) is 0 Å². The molecule has 2 fully saturated rings. The maximum atomic E-state index is 12.8. The standard InChI is InChI=1S/C18H21N3O3/c1-12-14(13-5-3-4-6-15(13)19-12)9-16(22)21-8-7-18(11-21)10-20(2)17(23)24-18/h3-6,19H,7-11H2,1-2H3. The van der Waals surface area contributed by atoms with Gasteiger partial charge < -0.3 is 19.5 Å². The van der Waals surface area contributed by atoms with Gasteiger partial charge in [-0.25, -0.2) is 4.79 Å². The summed E-state index contributed by atoms with van der Waals surface area (Å²) in [4.78, 5) is 31.2. The number of likely N-dealkylation sites (tertiary alicyclic amines) is 1. The molecule has 0 bridgehead atoms. The molecule has 1 atom stereocenters. The predicted octanol–water partition coefficient (Wildman–Crippen LogP) is 2.07. The summed E-state index contributed by atoms with van der Waals surface area (Å²) in [6, 6.07) is 8.04. The molecule has 1 aromatic heterocycles. The lowest BCUT2D eigenvalue weighted by atomic mass is 10.0. The molecule has 2 aliphatic rings. The summed E-state index contributed by atoms with van der Waals surface area (Å²) in [7, 11) is 1.73. The largest absolute Gasteiger partial charge is 0.439 e. The van der Waals surface area contributed by atoms with E-state index >= 15 is 0 Å². The summed E-state index contributed by atoms with van der Waals surface area (Å²) in [5.41, 5.74) is 2.63. The summed E-state index contributed by atoms with van der Waals surface area (Å²) in [5.74, 6) is 0.0883. The van der Waals surface area contributed by atoms with Crippen molar-refractivity contribution in [3.05, 3.63) is 35.5 Å². The van der Waals surface area contributed by atoms with Crippen LogP contribution in [0, 0.1) is 6.92 Å². The summed E-state index contributed by atoms with van der Waals surface area (Å²) in [6.45, 7) is 3.69. The molecule has 2 aromatic rings. The zero-order valence-electron chi connectivity index (χ0n) is 14.0. The van der Waals surface area contributed by atoms with Crippen molar-refractivity contribution in [3.8, 4) is 0 Å². The molecule has 4 rings (SSSR count). The van der Waals surface area contributed by atoms with E-state index in [0.717, 1.165) is 22.2 Å². The Bertz CT molecular complexity index is 828. The van der Waals surface area contributed by atoms with Crippen LogP contribution in [0.4, 0.5) is 4.79 Å². The smallest absolute Gasteiger partial charge is 0.410 e. The fraction of sp³-hybridized carbons (Fsp3) is 0.444. The topological polar surface area (TPSA) is 65.6 Å². The number of carbonyl (C=O) groups excluding carboxylic acids is 2. The van der Waals surface area contributed by atoms with Gasteiger partial charge in [0, 0.05) is 36.6 Å². The second kappa shape index (κ2) is 5.26. The number of aromatic nitrogens is 1. The SMILES string of the molecule is Cc1[nH]c2ccccc2c1CC(=O)N1CCC2(CN(C)C(=O)O2)C1. The summed E-state index contributed by atoms with van der Waals surface area (Å²) < 4.78 is 5.52. The predicted molar refractivity (Wildman–Crippen MR) is 89.8 cm³/mol. The summed E-state index contributed by atoms with van der Waals surface area (Å²) in [6.07, 6.45) is 0.786. The molecular weight excluding hydrogens is 306 g/mol. The van der Waals surface area contributed by atoms with Crippen LogP contribution in [-0.2, 0) is 16.0 Å². The number of rotatable bonds is 2. The number of para-hydroxylation sites is 1. The second-order valence-electron chi connectivity index (χ2n) is 6.92. The first-order valence-electron chi connectivity index (χ1n) is 8.25. The van der Waals surface area contributed by atoms with E-state index in [-0.39, 0.29) is 12.0 Å². The van der Waals surface area contributed by atoms with Gasteiger partial charge in [-0.1, -0.05) is 18.2 Å². The van der Waals surface area contributed by atoms with Crippen LogP contribution in [0.2, 0.25) is 0 Å². The number of benzene rings is 1. The van der Waals surface area contributed by atoms with Crippen molar-refractivity contribution in [1.82, 2.24) is 14.8 Å². The maximum absolute atomic E-state index is 12.8. The van der Waals surface area contributed by atoms with Crippen molar-refractivity contribution in [2.24, 2.45) is 0 Å². The first-order chi connectivity index (χ1) is 11.5. The van der Waals surface area contributed by atoms with Crippen molar-refractivity contribution in [2.75, 3.05) is 26.7 Å². The van der Waals surface area contributed by atoms with E-state index in [0.29, 0.717) is 32.5 Å². The fourth-order valence-corrected chi connectivity index (χ4v) is 3.89. The molecule has 0 radical (unpaired) electrons. The van der Waals surface area contributed by atoms with Crippen LogP contribution in [0.25, 0.3) is 10.9 Å². The van der Waals surface area contributed by atoms with Crippen molar-refractivity contribution in [3.63, 3.8) is 0 Å². The van der Waals surface area contributed by atoms with E-state index in [9.17, 15) is 9.59 Å². The van der Waals surface area contributed by atoms with E-state index < -0.39 is 5.60 Å². The molecule has 2 aliphatic heterocycles. The Kier molecular flexibility index (Phi) is 3.30. The lowest BCUT2D eigenvalue weighted by Crippen LogP contribution is -2.39. The molecule has 126 valence electrons. The number of aryl methyl sites for hydroxylation is 1. The molecule has 0 aliphatic carbocycles. The minimum atomic E-state index is -0.517. The molecule has 3 heterocycles. The Hall–Kier alpha value is -2.50. The van der Waals surface area contributed by atoms with Gasteiger partial charge in [-0.2, -0.15) is 0 Å². The average Bonchev–Trinajstić information content (AvgIpc) is 3.18. The van der Waals surface area contributed by atoms with Crippen LogP contribution in [0.5, 0.6) is 0 Å². The number of nitrogens with one attached hydrogen (secondary N) is 1. The highest BCUT2D eigenvalue weighted by Crippen LogP contribution is 2.32. The molecule has 1 N–H and O–H groups in total. The highest BCUT2D eigenvalue weighted by Gasteiger charge is 2.49. The number of hydrogen-bond donors (Lipinski definition) is 1. The van der Waals surface area contributed by atoms with E-state index in [1.165, 1.54) is 0 Å². The van der Waals surface area contributed by atoms with E-state index in [2.05, 4.69) is 4.98 Å². The molecule has 1 aromatic carbocycles. The number of carbonyl (C=O) groups is 2. The molecule has 2 amide bonds. The minimum Gasteiger partial charge on any atom is -0.439 e. The number of nitrogens with zero attached hydrogens (tertiary/aromatic N) is 2. The van der Waals surface area contributed by atoms with Crippen LogP contribution < -0.4 is 0 Å². The van der Waals surface area contributed by atoms with Gasteiger partial charge in [-0.05, 0) is 18.6 Å². The molecule has 6 heteroatoms. The van der Waals surface area contributed by atoms with Crippen molar-refractivity contribution < 1.29 is 14.3 Å². The van der Waals surface area contributed by atoms with Crippen molar-refractivity contribution in [2.45, 2.75) is 25.4 Å². The summed E-state index contributed by atoms with van der Waals surface area (Å²) >= 11 is 0. The third kappa shape index (κ3) is 2.33. The van der Waals surface area contributed by atoms with Gasteiger partial charge in [0.1, 0.15) is 0 Å². The Morgan fingerprint density at radius 3 is 2.88 bits per heavy atom. The molecule has 1 unspecified atom stereocenters. The number of amides is 2. The van der Waals surface area contributed by atoms with E-state index in [1.54, 1.807) is 11.9 Å². The van der Waals surface area contributed by atoms with E-state index in [1.807, 2.05) is 36.1 Å². The van der Waals surface area contributed by atoms with E-state index in [4.69, 9.17) is 4.74 Å². The highest BCUT2D eigenvalue weighted by atomic mass is 16.6. The number of hydrogen-bond acceptors (Lipinski definition) is 3. The van der Waals surface area contributed by atoms with Gasteiger partial charge in [0.25, 0.3) is 0 Å². The lowest BCUT2D eigenvalue weighted by molar-refractivity contribution is -0.130. The quantitative estimate of drug-likeness (QED) is 0.918. The van der Waals surface area contributed by atoms with Crippen molar-refractivity contribution >= 4 is 22.9 Å². The maximum Gasteiger partial charge on any atom is 0.410 e. The van der Waals surface area contributed by atoms with Gasteiger partial charge in [-0.3, -0.25) is 4.79 Å². The second-order valence-corrected chi connectivity index (χ2v) is 6.92. The van der Waals surface area contributed by atoms with Gasteiger partial charge in [0.05, 0.1) is 19.5 Å². The molecule has 24 heavy (non-hydrogen) atoms. The number of fused-ring (bicyclic) bond motifs is 1. The van der Waals surface area contributed by atoms with Gasteiger partial charge in [-0.15, -0.1) is 0 Å². The minimum absolute atomic E-state index is 0.0883.